The Bertz CT molecular complexity index is 1730. The molecule has 0 aliphatic carbocycles. The molecule has 6 aromatic rings. The first kappa shape index (κ1) is 26.9. The van der Waals surface area contributed by atoms with E-state index in [1.54, 1.807) is 0 Å². The van der Waals surface area contributed by atoms with Crippen molar-refractivity contribution in [2.75, 3.05) is 0 Å². The molecule has 0 radical (unpaired) electrons. The van der Waals surface area contributed by atoms with E-state index in [0.717, 1.165) is 0 Å². The normalized spacial score (nSPS) is 11.8. The van der Waals surface area contributed by atoms with Gasteiger partial charge in [-0.1, -0.05) is 123 Å². The first-order chi connectivity index (χ1) is 19.9. The van der Waals surface area contributed by atoms with Gasteiger partial charge < -0.3 is 0 Å². The van der Waals surface area contributed by atoms with Crippen LogP contribution in [0.3, 0.4) is 0 Å². The summed E-state index contributed by atoms with van der Waals surface area (Å²) < 4.78 is 2.30. The van der Waals surface area contributed by atoms with Crippen molar-refractivity contribution in [2.24, 2.45) is 7.05 Å². The molecule has 0 N–H and O–H groups in total. The van der Waals surface area contributed by atoms with Gasteiger partial charge in [-0.15, -0.1) is 0 Å². The summed E-state index contributed by atoms with van der Waals surface area (Å²) in [4.78, 5) is 0. The third-order valence-corrected chi connectivity index (χ3v) is 13.6. The van der Waals surface area contributed by atoms with E-state index in [2.05, 4.69) is 173 Å². The van der Waals surface area contributed by atoms with Gasteiger partial charge in [-0.25, -0.2) is 4.57 Å². The van der Waals surface area contributed by atoms with Gasteiger partial charge in [0.05, 0.1) is 10.9 Å². The molecule has 1 nitrogen and oxygen atoms in total. The maximum atomic E-state index is 2.48. The summed E-state index contributed by atoms with van der Waals surface area (Å²) in [7, 11) is -0.401. The van der Waals surface area contributed by atoms with Crippen LogP contribution in [-0.2, 0) is 7.05 Å². The van der Waals surface area contributed by atoms with Crippen LogP contribution in [0.2, 0.25) is 0 Å². The lowest BCUT2D eigenvalue weighted by molar-refractivity contribution is -0.659. The number of benzene rings is 5. The maximum Gasteiger partial charge on any atom is 0.220 e. The van der Waals surface area contributed by atoms with Crippen molar-refractivity contribution in [1.82, 2.24) is 0 Å². The number of hydrogen-bond acceptors (Lipinski definition) is 0. The van der Waals surface area contributed by atoms with Gasteiger partial charge in [0.2, 0.25) is 5.69 Å². The molecule has 0 fully saturated rings. The minimum Gasteiger partial charge on any atom is -0.200 e. The summed E-state index contributed by atoms with van der Waals surface area (Å²) in [5.41, 5.74) is 6.70. The van der Waals surface area contributed by atoms with E-state index in [1.165, 1.54) is 59.5 Å². The van der Waals surface area contributed by atoms with Crippen LogP contribution in [0.15, 0.2) is 134 Å². The van der Waals surface area contributed by atoms with Crippen molar-refractivity contribution in [2.45, 2.75) is 33.6 Å². The van der Waals surface area contributed by atoms with Gasteiger partial charge in [0.1, 0.15) is 7.05 Å². The monoisotopic (exact) mass is 548 g/mol. The van der Waals surface area contributed by atoms with Crippen molar-refractivity contribution in [3.05, 3.63) is 150 Å². The fourth-order valence-electron chi connectivity index (χ4n) is 6.47. The zero-order chi connectivity index (χ0) is 28.6. The van der Waals surface area contributed by atoms with Gasteiger partial charge in [0.15, 0.2) is 14.3 Å². The number of nitrogens with zero attached hydrogens (tertiary/aromatic N) is 1. The summed E-state index contributed by atoms with van der Waals surface area (Å²) >= 11 is 0. The lowest BCUT2D eigenvalue weighted by Crippen LogP contribution is -2.74. The standard InChI is InChI=1S/C39H38NSi/c1-28(2)32-25-29(3)30(4)38(27-32)39-37-22-21-36(26-31(37)23-24-40(39)5)41(33-15-9-6-10-16-33,34-17-11-7-12-18-34)35-19-13-8-14-20-35/h6-28H,1-5H3/q+1. The molecule has 6 rings (SSSR count). The second-order valence-corrected chi connectivity index (χ2v) is 15.4. The lowest BCUT2D eigenvalue weighted by Gasteiger charge is -2.34. The van der Waals surface area contributed by atoms with Crippen LogP contribution in [0.1, 0.15) is 36.5 Å². The first-order valence-electron chi connectivity index (χ1n) is 14.6. The van der Waals surface area contributed by atoms with Gasteiger partial charge in [0.25, 0.3) is 0 Å². The third-order valence-electron chi connectivity index (χ3n) is 8.80. The quantitative estimate of drug-likeness (QED) is 0.128. The van der Waals surface area contributed by atoms with Gasteiger partial charge in [0, 0.05) is 6.07 Å². The van der Waals surface area contributed by atoms with E-state index in [-0.39, 0.29) is 0 Å². The summed E-state index contributed by atoms with van der Waals surface area (Å²) in [5.74, 6) is 0.481. The van der Waals surface area contributed by atoms with E-state index in [4.69, 9.17) is 0 Å². The molecule has 0 saturated carbocycles. The topological polar surface area (TPSA) is 3.88 Å². The molecule has 1 aromatic heterocycles. The third kappa shape index (κ3) is 4.63. The Morgan fingerprint density at radius 1 is 0.585 bits per heavy atom. The molecule has 0 spiro atoms. The molecule has 41 heavy (non-hydrogen) atoms. The minimum atomic E-state index is -2.58. The lowest BCUT2D eigenvalue weighted by atomic mass is 9.91. The van der Waals surface area contributed by atoms with Crippen LogP contribution in [0.25, 0.3) is 22.0 Å². The zero-order valence-corrected chi connectivity index (χ0v) is 25.7. The highest BCUT2D eigenvalue weighted by molar-refractivity contribution is 7.20. The molecule has 1 heterocycles. The molecule has 2 heteroatoms. The molecule has 0 amide bonds. The molecule has 0 saturated heterocycles. The second kappa shape index (κ2) is 11.0. The van der Waals surface area contributed by atoms with Crippen LogP contribution in [0.5, 0.6) is 0 Å². The van der Waals surface area contributed by atoms with Gasteiger partial charge in [-0.05, 0) is 74.7 Å². The fraction of sp³-hybridized carbons (Fsp3) is 0.154. The largest absolute Gasteiger partial charge is 0.220 e. The Morgan fingerprint density at radius 2 is 1.12 bits per heavy atom. The van der Waals surface area contributed by atoms with Crippen LogP contribution in [0, 0.1) is 13.8 Å². The Kier molecular flexibility index (Phi) is 7.19. The summed E-state index contributed by atoms with van der Waals surface area (Å²) in [6, 6.07) is 47.8. The Balaban J connectivity index is 1.67. The van der Waals surface area contributed by atoms with Gasteiger partial charge in [-0.3, -0.25) is 0 Å². The summed E-state index contributed by atoms with van der Waals surface area (Å²) in [6.45, 7) is 9.07. The molecular weight excluding hydrogens is 511 g/mol. The number of aryl methyl sites for hydroxylation is 2. The Hall–Kier alpha value is -4.27. The number of rotatable bonds is 6. The fourth-order valence-corrected chi connectivity index (χ4v) is 11.3. The van der Waals surface area contributed by atoms with Crippen molar-refractivity contribution in [3.63, 3.8) is 0 Å². The molecule has 0 unspecified atom stereocenters. The Labute approximate surface area is 245 Å². The van der Waals surface area contributed by atoms with E-state index in [0.29, 0.717) is 5.92 Å². The SMILES string of the molecule is Cc1cc(C(C)C)cc(-c2c3ccc([Si](c4ccccc4)(c4ccccc4)c4ccccc4)cc3cc[n+]2C)c1C. The van der Waals surface area contributed by atoms with E-state index in [9.17, 15) is 0 Å². The average molecular weight is 549 g/mol. The van der Waals surface area contributed by atoms with Crippen molar-refractivity contribution < 1.29 is 4.57 Å². The van der Waals surface area contributed by atoms with Gasteiger partial charge >= 0.3 is 0 Å². The van der Waals surface area contributed by atoms with Crippen LogP contribution in [-0.4, -0.2) is 8.07 Å². The first-order valence-corrected chi connectivity index (χ1v) is 16.6. The van der Waals surface area contributed by atoms with Crippen LogP contribution < -0.4 is 25.3 Å². The molecule has 0 aliphatic heterocycles. The number of hydrogen-bond donors (Lipinski definition) is 0. The molecule has 0 atom stereocenters. The maximum absolute atomic E-state index is 2.58. The predicted octanol–water partition coefficient (Wildman–Crippen LogP) is 6.45. The minimum absolute atomic E-state index is 0.481. The smallest absolute Gasteiger partial charge is 0.200 e. The molecule has 202 valence electrons. The van der Waals surface area contributed by atoms with Crippen LogP contribution in [0.4, 0.5) is 0 Å². The predicted molar refractivity (Wildman–Crippen MR) is 178 cm³/mol. The van der Waals surface area contributed by atoms with E-state index >= 15 is 0 Å². The number of pyridine rings is 1. The highest BCUT2D eigenvalue weighted by atomic mass is 28.3. The Morgan fingerprint density at radius 3 is 1.63 bits per heavy atom. The van der Waals surface area contributed by atoms with Crippen molar-refractivity contribution >= 4 is 39.6 Å². The van der Waals surface area contributed by atoms with Crippen molar-refractivity contribution in [1.29, 1.82) is 0 Å². The molecule has 5 aromatic carbocycles. The summed E-state index contributed by atoms with van der Waals surface area (Å²) in [5, 5.41) is 8.16. The summed E-state index contributed by atoms with van der Waals surface area (Å²) in [6.07, 6.45) is 2.23. The zero-order valence-electron chi connectivity index (χ0n) is 24.7. The highest BCUT2D eigenvalue weighted by Crippen LogP contribution is 2.32. The van der Waals surface area contributed by atoms with Gasteiger partial charge in [-0.2, -0.15) is 0 Å². The van der Waals surface area contributed by atoms with Crippen LogP contribution >= 0.6 is 0 Å². The second-order valence-electron chi connectivity index (χ2n) is 11.6. The average Bonchev–Trinajstić information content (AvgIpc) is 3.01. The molecule has 0 bridgehead atoms. The highest BCUT2D eigenvalue weighted by Gasteiger charge is 2.41. The van der Waals surface area contributed by atoms with Crippen molar-refractivity contribution in [3.8, 4) is 11.3 Å². The number of aromatic nitrogens is 1. The van der Waals surface area contributed by atoms with E-state index in [1.807, 2.05) is 0 Å². The molecular formula is C39H38NSi+. The molecule has 0 aliphatic rings. The van der Waals surface area contributed by atoms with E-state index < -0.39 is 8.07 Å². The number of fused-ring (bicyclic) bond motifs is 1.